The van der Waals surface area contributed by atoms with Crippen molar-refractivity contribution in [1.82, 2.24) is 9.80 Å². The van der Waals surface area contributed by atoms with Crippen LogP contribution in [0.2, 0.25) is 0 Å². The number of piperazine rings is 1. The third kappa shape index (κ3) is 3.59. The Hall–Kier alpha value is -1.39. The highest BCUT2D eigenvalue weighted by atomic mass is 16.3. The van der Waals surface area contributed by atoms with Crippen molar-refractivity contribution in [1.29, 1.82) is 0 Å². The van der Waals surface area contributed by atoms with Crippen molar-refractivity contribution in [2.24, 2.45) is 0 Å². The largest absolute Gasteiger partial charge is 0.388 e. The highest BCUT2D eigenvalue weighted by Gasteiger charge is 2.43. The number of aliphatic hydroxyl groups is 1. The van der Waals surface area contributed by atoms with Crippen LogP contribution in [0.3, 0.4) is 0 Å². The van der Waals surface area contributed by atoms with Crippen LogP contribution >= 0.6 is 0 Å². The first-order valence-electron chi connectivity index (χ1n) is 8.83. The summed E-state index contributed by atoms with van der Waals surface area (Å²) in [5, 5.41) is 10.4. The van der Waals surface area contributed by atoms with Crippen LogP contribution in [0.15, 0.2) is 30.3 Å². The van der Waals surface area contributed by atoms with Crippen LogP contribution in [-0.2, 0) is 4.79 Å². The molecule has 1 aliphatic carbocycles. The van der Waals surface area contributed by atoms with Crippen molar-refractivity contribution in [3.63, 3.8) is 0 Å². The summed E-state index contributed by atoms with van der Waals surface area (Å²) < 4.78 is 0. The highest BCUT2D eigenvalue weighted by Crippen LogP contribution is 2.37. The number of hydrogen-bond donors (Lipinski definition) is 1. The minimum Gasteiger partial charge on any atom is -0.388 e. The Labute approximate surface area is 139 Å². The molecular weight excluding hydrogens is 288 g/mol. The molecule has 1 N–H and O–H groups in total. The number of benzene rings is 1. The molecular formula is C19H28N2O2. The zero-order valence-corrected chi connectivity index (χ0v) is 14.1. The molecule has 1 atom stereocenters. The van der Waals surface area contributed by atoms with E-state index in [1.54, 1.807) is 0 Å². The van der Waals surface area contributed by atoms with Gasteiger partial charge in [0.25, 0.3) is 0 Å². The van der Waals surface area contributed by atoms with Crippen LogP contribution in [0.5, 0.6) is 0 Å². The molecule has 1 unspecified atom stereocenters. The van der Waals surface area contributed by atoms with Gasteiger partial charge in [0, 0.05) is 19.6 Å². The van der Waals surface area contributed by atoms with Gasteiger partial charge in [-0.2, -0.15) is 0 Å². The van der Waals surface area contributed by atoms with Crippen molar-refractivity contribution in [3.8, 4) is 0 Å². The average Bonchev–Trinajstić information content (AvgIpc) is 2.56. The molecule has 126 valence electrons. The normalized spacial score (nSPS) is 23.0. The van der Waals surface area contributed by atoms with Gasteiger partial charge in [-0.05, 0) is 25.5 Å². The maximum absolute atomic E-state index is 12.9. The predicted molar refractivity (Wildman–Crippen MR) is 91.0 cm³/mol. The van der Waals surface area contributed by atoms with Crippen molar-refractivity contribution < 1.29 is 9.90 Å². The molecule has 23 heavy (non-hydrogen) atoms. The van der Waals surface area contributed by atoms with Crippen molar-refractivity contribution in [2.75, 3.05) is 26.7 Å². The number of likely N-dealkylation sites (N-methyl/N-ethyl adjacent to an activating group) is 1. The minimum atomic E-state index is -0.705. The number of aliphatic hydroxyl groups excluding tert-OH is 1. The molecule has 1 saturated carbocycles. The molecule has 1 amide bonds. The van der Waals surface area contributed by atoms with Gasteiger partial charge in [-0.1, -0.05) is 49.6 Å². The van der Waals surface area contributed by atoms with E-state index in [-0.39, 0.29) is 17.9 Å². The predicted octanol–water partition coefficient (Wildman–Crippen LogP) is 2.59. The van der Waals surface area contributed by atoms with E-state index in [0.717, 1.165) is 38.0 Å². The van der Waals surface area contributed by atoms with E-state index in [2.05, 4.69) is 16.8 Å². The van der Waals surface area contributed by atoms with Crippen molar-refractivity contribution in [2.45, 2.75) is 50.2 Å². The molecule has 1 aliphatic heterocycles. The van der Waals surface area contributed by atoms with E-state index >= 15 is 0 Å². The van der Waals surface area contributed by atoms with E-state index in [9.17, 15) is 9.90 Å². The lowest BCUT2D eigenvalue weighted by Gasteiger charge is -2.52. The number of rotatable bonds is 3. The second-order valence-electron chi connectivity index (χ2n) is 7.20. The summed E-state index contributed by atoms with van der Waals surface area (Å²) in [6, 6.07) is 9.51. The Balaban J connectivity index is 1.71. The molecule has 0 bridgehead atoms. The summed E-state index contributed by atoms with van der Waals surface area (Å²) in [4.78, 5) is 17.4. The fourth-order valence-corrected chi connectivity index (χ4v) is 4.27. The molecule has 1 heterocycles. The second kappa shape index (κ2) is 7.02. The monoisotopic (exact) mass is 316 g/mol. The zero-order valence-electron chi connectivity index (χ0n) is 14.1. The van der Waals surface area contributed by atoms with Crippen LogP contribution < -0.4 is 0 Å². The molecule has 1 aromatic rings. The van der Waals surface area contributed by atoms with E-state index in [0.29, 0.717) is 0 Å². The summed E-state index contributed by atoms with van der Waals surface area (Å²) in [6.07, 6.45) is 5.38. The standard InChI is InChI=1S/C19H28N2O2/c1-20-12-13-21(19(15-20)10-6-3-7-11-19)18(23)14-17(22)16-8-4-2-5-9-16/h2,4-5,8-9,17,22H,3,6-7,10-15H2,1H3. The van der Waals surface area contributed by atoms with Gasteiger partial charge in [0.1, 0.15) is 0 Å². The number of nitrogens with zero attached hydrogens (tertiary/aromatic N) is 2. The van der Waals surface area contributed by atoms with Crippen LogP contribution in [-0.4, -0.2) is 53.0 Å². The molecule has 3 rings (SSSR count). The smallest absolute Gasteiger partial charge is 0.226 e. The molecule has 1 spiro atoms. The minimum absolute atomic E-state index is 0.00125. The lowest BCUT2D eigenvalue weighted by atomic mass is 9.78. The van der Waals surface area contributed by atoms with Crippen LogP contribution in [0.4, 0.5) is 0 Å². The first kappa shape index (κ1) is 16.5. The zero-order chi connectivity index (χ0) is 16.3. The molecule has 0 radical (unpaired) electrons. The van der Waals surface area contributed by atoms with E-state index in [4.69, 9.17) is 0 Å². The van der Waals surface area contributed by atoms with Gasteiger partial charge in [0.15, 0.2) is 0 Å². The average molecular weight is 316 g/mol. The summed E-state index contributed by atoms with van der Waals surface area (Å²) in [6.45, 7) is 2.69. The Morgan fingerprint density at radius 3 is 2.57 bits per heavy atom. The fourth-order valence-electron chi connectivity index (χ4n) is 4.27. The molecule has 1 aromatic carbocycles. The van der Waals surface area contributed by atoms with Gasteiger partial charge >= 0.3 is 0 Å². The van der Waals surface area contributed by atoms with Gasteiger partial charge in [0.05, 0.1) is 18.1 Å². The Morgan fingerprint density at radius 1 is 1.17 bits per heavy atom. The van der Waals surface area contributed by atoms with Crippen molar-refractivity contribution >= 4 is 5.91 Å². The number of carbonyl (C=O) groups is 1. The Bertz CT molecular complexity index is 525. The first-order valence-corrected chi connectivity index (χ1v) is 8.83. The molecule has 4 nitrogen and oxygen atoms in total. The third-order valence-electron chi connectivity index (χ3n) is 5.48. The van der Waals surface area contributed by atoms with Gasteiger partial charge in [-0.15, -0.1) is 0 Å². The molecule has 2 aliphatic rings. The van der Waals surface area contributed by atoms with Crippen LogP contribution in [0, 0.1) is 0 Å². The first-order chi connectivity index (χ1) is 11.1. The molecule has 4 heteroatoms. The quantitative estimate of drug-likeness (QED) is 0.932. The van der Waals surface area contributed by atoms with Gasteiger partial charge in [0.2, 0.25) is 5.91 Å². The van der Waals surface area contributed by atoms with Crippen LogP contribution in [0.1, 0.15) is 50.2 Å². The van der Waals surface area contributed by atoms with Crippen molar-refractivity contribution in [3.05, 3.63) is 35.9 Å². The van der Waals surface area contributed by atoms with Gasteiger partial charge in [-0.25, -0.2) is 0 Å². The Kier molecular flexibility index (Phi) is 5.02. The number of amides is 1. The summed E-state index contributed by atoms with van der Waals surface area (Å²) in [5.74, 6) is 0.108. The maximum atomic E-state index is 12.9. The van der Waals surface area contributed by atoms with E-state index in [1.165, 1.54) is 19.3 Å². The SMILES string of the molecule is CN1CCN(C(=O)CC(O)c2ccccc2)C2(CCCCC2)C1. The highest BCUT2D eigenvalue weighted by molar-refractivity contribution is 5.78. The fraction of sp³-hybridized carbons (Fsp3) is 0.632. The third-order valence-corrected chi connectivity index (χ3v) is 5.48. The number of carbonyl (C=O) groups excluding carboxylic acids is 1. The maximum Gasteiger partial charge on any atom is 0.226 e. The molecule has 0 aromatic heterocycles. The Morgan fingerprint density at radius 2 is 1.87 bits per heavy atom. The molecule has 1 saturated heterocycles. The van der Waals surface area contributed by atoms with Gasteiger partial charge < -0.3 is 14.9 Å². The number of hydrogen-bond acceptors (Lipinski definition) is 3. The summed E-state index contributed by atoms with van der Waals surface area (Å²) in [5.41, 5.74) is 0.825. The van der Waals surface area contributed by atoms with Gasteiger partial charge in [-0.3, -0.25) is 4.79 Å². The summed E-state index contributed by atoms with van der Waals surface area (Å²) in [7, 11) is 2.15. The van der Waals surface area contributed by atoms with E-state index < -0.39 is 6.10 Å². The van der Waals surface area contributed by atoms with Crippen LogP contribution in [0.25, 0.3) is 0 Å². The topological polar surface area (TPSA) is 43.8 Å². The second-order valence-corrected chi connectivity index (χ2v) is 7.20. The molecule has 2 fully saturated rings. The summed E-state index contributed by atoms with van der Waals surface area (Å²) >= 11 is 0. The van der Waals surface area contributed by atoms with E-state index in [1.807, 2.05) is 30.3 Å². The lowest BCUT2D eigenvalue weighted by molar-refractivity contribution is -0.146. The lowest BCUT2D eigenvalue weighted by Crippen LogP contribution is -2.63.